The van der Waals surface area contributed by atoms with Gasteiger partial charge in [0.15, 0.2) is 0 Å². The van der Waals surface area contributed by atoms with Crippen molar-refractivity contribution in [2.75, 3.05) is 26.2 Å². The fourth-order valence-corrected chi connectivity index (χ4v) is 10.2. The van der Waals surface area contributed by atoms with Crippen molar-refractivity contribution in [1.29, 1.82) is 0 Å². The average molecular weight is 616 g/mol. The minimum Gasteiger partial charge on any atom is -0.394 e. The standard InChI is InChI=1S/C36H45N3O4S/c1-5-18-37(19-6-2)33(41)30-29-21-25(4)36(44-29)31(30)34(42)39(28(24-40)22-26-14-10-8-11-15-26)32(36)35(43)38(20-7-3)23-27-16-12-9-13-17-27/h5,7-17,25,28-32,40H,1,3,6,18-24H2,2,4H3/t25?,28-,29+,30-,31+,32?,36?/m1/s1. The van der Waals surface area contributed by atoms with Gasteiger partial charge in [0.25, 0.3) is 0 Å². The van der Waals surface area contributed by atoms with Crippen LogP contribution in [0.15, 0.2) is 86.0 Å². The lowest BCUT2D eigenvalue weighted by Gasteiger charge is -2.42. The lowest BCUT2D eigenvalue weighted by molar-refractivity contribution is -0.147. The highest BCUT2D eigenvalue weighted by Crippen LogP contribution is 2.69. The summed E-state index contributed by atoms with van der Waals surface area (Å²) in [5.41, 5.74) is 1.96. The topological polar surface area (TPSA) is 81.2 Å². The van der Waals surface area contributed by atoms with E-state index in [0.717, 1.165) is 24.0 Å². The summed E-state index contributed by atoms with van der Waals surface area (Å²) >= 11 is 1.68. The van der Waals surface area contributed by atoms with Gasteiger partial charge in [-0.25, -0.2) is 0 Å². The molecule has 3 fully saturated rings. The van der Waals surface area contributed by atoms with E-state index in [1.54, 1.807) is 33.7 Å². The molecule has 1 spiro atoms. The molecule has 3 heterocycles. The first-order valence-electron chi connectivity index (χ1n) is 15.8. The van der Waals surface area contributed by atoms with Crippen LogP contribution in [0.2, 0.25) is 0 Å². The van der Waals surface area contributed by atoms with Crippen molar-refractivity contribution in [3.63, 3.8) is 0 Å². The van der Waals surface area contributed by atoms with Crippen LogP contribution in [0.25, 0.3) is 0 Å². The Morgan fingerprint density at radius 1 is 1.02 bits per heavy atom. The molecule has 0 saturated carbocycles. The van der Waals surface area contributed by atoms with Gasteiger partial charge < -0.3 is 19.8 Å². The number of carbonyl (C=O) groups is 3. The second-order valence-electron chi connectivity index (χ2n) is 12.4. The van der Waals surface area contributed by atoms with Gasteiger partial charge in [0, 0.05) is 31.4 Å². The zero-order chi connectivity index (χ0) is 31.4. The van der Waals surface area contributed by atoms with Gasteiger partial charge in [0.1, 0.15) is 6.04 Å². The lowest BCUT2D eigenvalue weighted by Crippen LogP contribution is -2.59. The minimum atomic E-state index is -0.814. The highest BCUT2D eigenvalue weighted by molar-refractivity contribution is 8.02. The molecule has 5 rings (SSSR count). The number of hydrogen-bond donors (Lipinski definition) is 1. The number of hydrogen-bond acceptors (Lipinski definition) is 5. The molecule has 3 unspecified atom stereocenters. The quantitative estimate of drug-likeness (QED) is 0.315. The van der Waals surface area contributed by atoms with Crippen molar-refractivity contribution in [2.24, 2.45) is 17.8 Å². The number of aliphatic hydroxyl groups excluding tert-OH is 1. The van der Waals surface area contributed by atoms with E-state index in [-0.39, 0.29) is 35.5 Å². The third-order valence-corrected chi connectivity index (χ3v) is 11.7. The molecule has 2 aromatic rings. The first-order chi connectivity index (χ1) is 21.3. The van der Waals surface area contributed by atoms with Crippen molar-refractivity contribution in [2.45, 2.75) is 61.7 Å². The summed E-state index contributed by atoms with van der Waals surface area (Å²) in [6, 6.07) is 18.2. The third-order valence-electron chi connectivity index (χ3n) is 9.65. The van der Waals surface area contributed by atoms with Crippen LogP contribution in [0, 0.1) is 17.8 Å². The van der Waals surface area contributed by atoms with E-state index in [9.17, 15) is 19.5 Å². The maximum Gasteiger partial charge on any atom is 0.247 e. The van der Waals surface area contributed by atoms with Gasteiger partial charge in [-0.3, -0.25) is 14.4 Å². The molecule has 0 aromatic heterocycles. The third kappa shape index (κ3) is 5.63. The molecule has 7 atom stereocenters. The van der Waals surface area contributed by atoms with E-state index in [1.807, 2.05) is 72.5 Å². The summed E-state index contributed by atoms with van der Waals surface area (Å²) < 4.78 is -0.772. The molecule has 8 heteroatoms. The Labute approximate surface area is 266 Å². The monoisotopic (exact) mass is 615 g/mol. The maximum atomic E-state index is 14.9. The number of nitrogens with zero attached hydrogens (tertiary/aromatic N) is 3. The van der Waals surface area contributed by atoms with Crippen LogP contribution in [0.5, 0.6) is 0 Å². The fourth-order valence-electron chi connectivity index (χ4n) is 7.84. The second kappa shape index (κ2) is 13.7. The number of benzene rings is 2. The van der Waals surface area contributed by atoms with E-state index in [0.29, 0.717) is 32.6 Å². The molecule has 3 aliphatic heterocycles. The number of carbonyl (C=O) groups excluding carboxylic acids is 3. The van der Waals surface area contributed by atoms with Crippen LogP contribution in [0.3, 0.4) is 0 Å². The van der Waals surface area contributed by atoms with E-state index in [4.69, 9.17) is 0 Å². The summed E-state index contributed by atoms with van der Waals surface area (Å²) in [4.78, 5) is 49.3. The van der Waals surface area contributed by atoms with Crippen molar-refractivity contribution < 1.29 is 19.5 Å². The van der Waals surface area contributed by atoms with Crippen LogP contribution in [0.4, 0.5) is 0 Å². The first kappa shape index (κ1) is 32.0. The Bertz CT molecular complexity index is 1350. The van der Waals surface area contributed by atoms with Gasteiger partial charge in [-0.05, 0) is 36.3 Å². The largest absolute Gasteiger partial charge is 0.394 e. The van der Waals surface area contributed by atoms with E-state index < -0.39 is 28.7 Å². The summed E-state index contributed by atoms with van der Waals surface area (Å²) in [5, 5.41) is 10.8. The predicted octanol–water partition coefficient (Wildman–Crippen LogP) is 4.57. The molecule has 3 amide bonds. The molecule has 3 aliphatic rings. The van der Waals surface area contributed by atoms with Gasteiger partial charge in [0.05, 0.1) is 29.2 Å². The van der Waals surface area contributed by atoms with Gasteiger partial charge in [0.2, 0.25) is 17.7 Å². The SMILES string of the molecule is C=CCN(Cc1ccccc1)C(=O)C1N([C@@H](CO)Cc2ccccc2)C(=O)[C@@H]2[C@H](C(=O)N(CC=C)CCC)[C@@H]3CC(C)C12S3. The summed E-state index contributed by atoms with van der Waals surface area (Å²) in [6.45, 7) is 13.4. The number of aliphatic hydroxyl groups is 1. The Hall–Kier alpha value is -3.36. The molecule has 2 aromatic carbocycles. The molecule has 7 nitrogen and oxygen atoms in total. The van der Waals surface area contributed by atoms with Crippen LogP contribution in [0.1, 0.15) is 37.8 Å². The smallest absolute Gasteiger partial charge is 0.247 e. The van der Waals surface area contributed by atoms with Crippen LogP contribution in [-0.4, -0.2) is 85.8 Å². The average Bonchev–Trinajstić information content (AvgIpc) is 3.63. The summed E-state index contributed by atoms with van der Waals surface area (Å²) in [7, 11) is 0. The van der Waals surface area contributed by atoms with E-state index in [1.165, 1.54) is 0 Å². The van der Waals surface area contributed by atoms with E-state index >= 15 is 0 Å². The molecule has 44 heavy (non-hydrogen) atoms. The number of rotatable bonds is 14. The number of amides is 3. The van der Waals surface area contributed by atoms with Crippen LogP contribution >= 0.6 is 11.8 Å². The highest BCUT2D eigenvalue weighted by Gasteiger charge is 2.77. The molecular formula is C36H45N3O4S. The minimum absolute atomic E-state index is 0.0275. The van der Waals surface area contributed by atoms with Gasteiger partial charge in [-0.15, -0.1) is 24.9 Å². The normalized spacial score (nSPS) is 27.6. The molecular weight excluding hydrogens is 570 g/mol. The number of likely N-dealkylation sites (tertiary alicyclic amines) is 1. The van der Waals surface area contributed by atoms with Gasteiger partial charge >= 0.3 is 0 Å². The summed E-state index contributed by atoms with van der Waals surface area (Å²) in [5.74, 6) is -1.49. The second-order valence-corrected chi connectivity index (χ2v) is 13.9. The van der Waals surface area contributed by atoms with Crippen LogP contribution in [-0.2, 0) is 27.3 Å². The summed E-state index contributed by atoms with van der Waals surface area (Å²) in [6.07, 6.45) is 5.43. The Morgan fingerprint density at radius 3 is 2.23 bits per heavy atom. The van der Waals surface area contributed by atoms with Crippen molar-refractivity contribution in [3.8, 4) is 0 Å². The number of fused-ring (bicyclic) bond motifs is 1. The molecule has 3 saturated heterocycles. The Kier molecular flexibility index (Phi) is 10.0. The lowest BCUT2D eigenvalue weighted by atomic mass is 9.65. The zero-order valence-electron chi connectivity index (χ0n) is 25.9. The van der Waals surface area contributed by atoms with Crippen molar-refractivity contribution in [1.82, 2.24) is 14.7 Å². The van der Waals surface area contributed by atoms with Crippen LogP contribution < -0.4 is 0 Å². The van der Waals surface area contributed by atoms with E-state index in [2.05, 4.69) is 20.1 Å². The molecule has 234 valence electrons. The first-order valence-corrected chi connectivity index (χ1v) is 16.7. The Morgan fingerprint density at radius 2 is 1.64 bits per heavy atom. The fraction of sp³-hybridized carbons (Fsp3) is 0.472. The molecule has 0 aliphatic carbocycles. The van der Waals surface area contributed by atoms with Gasteiger partial charge in [-0.2, -0.15) is 0 Å². The maximum absolute atomic E-state index is 14.9. The Balaban J connectivity index is 1.60. The molecule has 0 radical (unpaired) electrons. The molecule has 1 N–H and O–H groups in total. The van der Waals surface area contributed by atoms with Crippen molar-refractivity contribution >= 4 is 29.5 Å². The predicted molar refractivity (Wildman–Crippen MR) is 176 cm³/mol. The molecule has 2 bridgehead atoms. The zero-order valence-corrected chi connectivity index (χ0v) is 26.7. The van der Waals surface area contributed by atoms with Crippen molar-refractivity contribution in [3.05, 3.63) is 97.1 Å². The van der Waals surface area contributed by atoms with Gasteiger partial charge in [-0.1, -0.05) is 86.7 Å². The highest BCUT2D eigenvalue weighted by atomic mass is 32.2. The number of thioether (sulfide) groups is 1.